The quantitative estimate of drug-likeness (QED) is 0.822. The summed E-state index contributed by atoms with van der Waals surface area (Å²) in [6, 6.07) is 6.10. The second-order valence-corrected chi connectivity index (χ2v) is 6.18. The molecule has 6 heteroatoms. The van der Waals surface area contributed by atoms with Gasteiger partial charge in [0.2, 0.25) is 12.7 Å². The maximum Gasteiger partial charge on any atom is 0.244 e. The molecule has 0 aliphatic carbocycles. The van der Waals surface area contributed by atoms with Crippen LogP contribution in [0.4, 0.5) is 0 Å². The van der Waals surface area contributed by atoms with E-state index in [0.717, 1.165) is 49.8 Å². The van der Waals surface area contributed by atoms with Gasteiger partial charge >= 0.3 is 0 Å². The lowest BCUT2D eigenvalue weighted by Crippen LogP contribution is -2.63. The van der Waals surface area contributed by atoms with Crippen LogP contribution in [0.2, 0.25) is 0 Å². The zero-order valence-corrected chi connectivity index (χ0v) is 13.0. The molecule has 0 aromatic heterocycles. The molecular weight excluding hydrogens is 294 g/mol. The van der Waals surface area contributed by atoms with Crippen LogP contribution in [0.25, 0.3) is 6.08 Å². The second kappa shape index (κ2) is 6.22. The average molecular weight is 315 g/mol. The second-order valence-electron chi connectivity index (χ2n) is 6.18. The lowest BCUT2D eigenvalue weighted by atomic mass is 10.1. The highest BCUT2D eigenvalue weighted by molar-refractivity contribution is 5.91. The number of rotatable bonds is 4. The predicted molar refractivity (Wildman–Crippen MR) is 86.4 cm³/mol. The number of piperazine rings is 3. The van der Waals surface area contributed by atoms with Crippen molar-refractivity contribution in [3.05, 3.63) is 29.8 Å². The van der Waals surface area contributed by atoms with Crippen molar-refractivity contribution in [2.24, 2.45) is 0 Å². The van der Waals surface area contributed by atoms with Crippen LogP contribution < -0.4 is 14.8 Å². The zero-order valence-electron chi connectivity index (χ0n) is 13.0. The number of carbonyl (C=O) groups excluding carboxylic acids is 1. The van der Waals surface area contributed by atoms with Gasteiger partial charge in [-0.1, -0.05) is 6.07 Å². The van der Waals surface area contributed by atoms with Crippen molar-refractivity contribution in [1.29, 1.82) is 0 Å². The van der Waals surface area contributed by atoms with E-state index in [1.165, 1.54) is 0 Å². The molecule has 0 saturated carbocycles. The number of nitrogens with one attached hydrogen (secondary N) is 1. The zero-order chi connectivity index (χ0) is 15.6. The van der Waals surface area contributed by atoms with Crippen molar-refractivity contribution in [3.63, 3.8) is 0 Å². The van der Waals surface area contributed by atoms with Crippen molar-refractivity contribution in [3.8, 4) is 11.5 Å². The number of benzene rings is 1. The van der Waals surface area contributed by atoms with E-state index < -0.39 is 0 Å². The van der Waals surface area contributed by atoms with Crippen molar-refractivity contribution >= 4 is 12.0 Å². The molecule has 2 bridgehead atoms. The van der Waals surface area contributed by atoms with Crippen LogP contribution in [0.3, 0.4) is 0 Å². The standard InChI is InChI=1S/C17H21N3O3/c21-17(18-10-14-11-19-5-7-20(14)8-6-19)4-2-13-1-3-15-16(9-13)23-12-22-15/h1-4,9,14H,5-8,10-12H2,(H,18,21)/b4-2+. The number of nitrogens with zero attached hydrogens (tertiary/aromatic N) is 2. The molecule has 1 aromatic carbocycles. The van der Waals surface area contributed by atoms with Crippen LogP contribution in [0.5, 0.6) is 11.5 Å². The first-order valence-electron chi connectivity index (χ1n) is 8.10. The summed E-state index contributed by atoms with van der Waals surface area (Å²) in [5.41, 5.74) is 0.927. The Morgan fingerprint density at radius 3 is 2.83 bits per heavy atom. The van der Waals surface area contributed by atoms with Crippen LogP contribution in [-0.2, 0) is 4.79 Å². The Labute approximate surface area is 135 Å². The van der Waals surface area contributed by atoms with Gasteiger partial charge in [-0.3, -0.25) is 14.6 Å². The minimum atomic E-state index is -0.0553. The van der Waals surface area contributed by atoms with E-state index in [1.807, 2.05) is 18.2 Å². The molecule has 4 aliphatic heterocycles. The van der Waals surface area contributed by atoms with E-state index in [2.05, 4.69) is 15.1 Å². The number of fused-ring (bicyclic) bond motifs is 4. The maximum atomic E-state index is 12.0. The minimum absolute atomic E-state index is 0.0553. The lowest BCUT2D eigenvalue weighted by Gasteiger charge is -2.47. The molecule has 3 saturated heterocycles. The number of hydrogen-bond acceptors (Lipinski definition) is 5. The molecule has 23 heavy (non-hydrogen) atoms. The topological polar surface area (TPSA) is 54.0 Å². The fraction of sp³-hybridized carbons (Fsp3) is 0.471. The van der Waals surface area contributed by atoms with Crippen molar-refractivity contribution < 1.29 is 14.3 Å². The van der Waals surface area contributed by atoms with Gasteiger partial charge in [-0.05, 0) is 23.8 Å². The molecule has 1 N–H and O–H groups in total. The fourth-order valence-corrected chi connectivity index (χ4v) is 3.38. The van der Waals surface area contributed by atoms with Crippen molar-refractivity contribution in [1.82, 2.24) is 15.1 Å². The van der Waals surface area contributed by atoms with Crippen LogP contribution in [0.15, 0.2) is 24.3 Å². The average Bonchev–Trinajstić information content (AvgIpc) is 3.07. The van der Waals surface area contributed by atoms with Gasteiger partial charge in [-0.25, -0.2) is 0 Å². The minimum Gasteiger partial charge on any atom is -0.454 e. The first-order chi connectivity index (χ1) is 11.3. The molecular formula is C17H21N3O3. The molecule has 3 fully saturated rings. The van der Waals surface area contributed by atoms with Crippen LogP contribution in [-0.4, -0.2) is 67.8 Å². The molecule has 0 spiro atoms. The van der Waals surface area contributed by atoms with E-state index >= 15 is 0 Å². The van der Waals surface area contributed by atoms with Gasteiger partial charge in [0.05, 0.1) is 0 Å². The number of hydrogen-bond donors (Lipinski definition) is 1. The Morgan fingerprint density at radius 1 is 1.22 bits per heavy atom. The lowest BCUT2D eigenvalue weighted by molar-refractivity contribution is -0.117. The van der Waals surface area contributed by atoms with Crippen molar-refractivity contribution in [2.45, 2.75) is 6.04 Å². The first kappa shape index (κ1) is 14.5. The molecule has 1 aromatic rings. The summed E-state index contributed by atoms with van der Waals surface area (Å²) in [7, 11) is 0. The number of amides is 1. The van der Waals surface area contributed by atoms with E-state index in [1.54, 1.807) is 12.2 Å². The highest BCUT2D eigenvalue weighted by Gasteiger charge is 2.31. The Bertz CT molecular complexity index is 624. The third kappa shape index (κ3) is 3.18. The molecule has 6 nitrogen and oxygen atoms in total. The van der Waals surface area contributed by atoms with Gasteiger partial charge in [-0.2, -0.15) is 0 Å². The molecule has 4 heterocycles. The number of carbonyl (C=O) groups is 1. The van der Waals surface area contributed by atoms with Crippen LogP contribution in [0.1, 0.15) is 5.56 Å². The Hall–Kier alpha value is -2.05. The fourth-order valence-electron chi connectivity index (χ4n) is 3.38. The largest absolute Gasteiger partial charge is 0.454 e. The van der Waals surface area contributed by atoms with E-state index in [0.29, 0.717) is 12.6 Å². The Balaban J connectivity index is 1.30. The summed E-state index contributed by atoms with van der Waals surface area (Å²) in [6.07, 6.45) is 3.38. The molecule has 1 amide bonds. The summed E-state index contributed by atoms with van der Waals surface area (Å²) in [5.74, 6) is 1.43. The Kier molecular flexibility index (Phi) is 3.93. The molecule has 1 unspecified atom stereocenters. The van der Waals surface area contributed by atoms with E-state index in [-0.39, 0.29) is 12.7 Å². The molecule has 4 aliphatic rings. The Morgan fingerprint density at radius 2 is 2.04 bits per heavy atom. The van der Waals surface area contributed by atoms with Gasteiger partial charge in [0.1, 0.15) is 0 Å². The van der Waals surface area contributed by atoms with Crippen LogP contribution in [0, 0.1) is 0 Å². The highest BCUT2D eigenvalue weighted by atomic mass is 16.7. The number of ether oxygens (including phenoxy) is 2. The molecule has 122 valence electrons. The molecule has 5 rings (SSSR count). The van der Waals surface area contributed by atoms with Gasteiger partial charge in [0.15, 0.2) is 11.5 Å². The SMILES string of the molecule is O=C(/C=C/c1ccc2c(c1)OCO2)NCC1CN2CCN1CC2. The highest BCUT2D eigenvalue weighted by Crippen LogP contribution is 2.32. The van der Waals surface area contributed by atoms with Gasteiger partial charge < -0.3 is 14.8 Å². The summed E-state index contributed by atoms with van der Waals surface area (Å²) in [4.78, 5) is 17.0. The summed E-state index contributed by atoms with van der Waals surface area (Å²) in [5, 5.41) is 3.01. The van der Waals surface area contributed by atoms with Gasteiger partial charge in [0, 0.05) is 51.4 Å². The normalized spacial score (nSPS) is 28.3. The van der Waals surface area contributed by atoms with Gasteiger partial charge in [0.25, 0.3) is 0 Å². The third-order valence-corrected chi connectivity index (χ3v) is 4.73. The van der Waals surface area contributed by atoms with E-state index in [4.69, 9.17) is 9.47 Å². The molecule has 0 radical (unpaired) electrons. The monoisotopic (exact) mass is 315 g/mol. The summed E-state index contributed by atoms with van der Waals surface area (Å²) in [6.45, 7) is 6.59. The van der Waals surface area contributed by atoms with Gasteiger partial charge in [-0.15, -0.1) is 0 Å². The van der Waals surface area contributed by atoms with E-state index in [9.17, 15) is 4.79 Å². The predicted octanol–water partition coefficient (Wildman–Crippen LogP) is 0.545. The summed E-state index contributed by atoms with van der Waals surface area (Å²) < 4.78 is 10.6. The van der Waals surface area contributed by atoms with Crippen molar-refractivity contribution in [2.75, 3.05) is 46.1 Å². The maximum absolute atomic E-state index is 12.0. The first-order valence-corrected chi connectivity index (χ1v) is 8.10. The third-order valence-electron chi connectivity index (χ3n) is 4.73. The smallest absolute Gasteiger partial charge is 0.244 e. The molecule has 1 atom stereocenters. The van der Waals surface area contributed by atoms with Crippen LogP contribution >= 0.6 is 0 Å². The summed E-state index contributed by atoms with van der Waals surface area (Å²) >= 11 is 0.